The second-order valence-corrected chi connectivity index (χ2v) is 7.75. The van der Waals surface area contributed by atoms with E-state index >= 15 is 0 Å². The van der Waals surface area contributed by atoms with E-state index in [-0.39, 0.29) is 0 Å². The van der Waals surface area contributed by atoms with Gasteiger partial charge in [-0.3, -0.25) is 4.90 Å². The van der Waals surface area contributed by atoms with E-state index in [0.29, 0.717) is 19.1 Å². The molecule has 0 aliphatic heterocycles. The smallest absolute Gasteiger partial charge is 0.0900 e. The molecule has 3 nitrogen and oxygen atoms in total. The largest absolute Gasteiger partial charge is 0.389 e. The molecule has 0 saturated heterocycles. The lowest BCUT2D eigenvalue weighted by molar-refractivity contribution is 0.000502. The Morgan fingerprint density at radius 1 is 0.857 bits per heavy atom. The molecule has 2 atom stereocenters. The zero-order valence-corrected chi connectivity index (χ0v) is 17.6. The number of rotatable bonds is 14. The van der Waals surface area contributed by atoms with E-state index in [1.807, 2.05) is 12.1 Å². The van der Waals surface area contributed by atoms with Gasteiger partial charge in [-0.05, 0) is 23.5 Å². The third-order valence-corrected chi connectivity index (χ3v) is 5.17. The van der Waals surface area contributed by atoms with Gasteiger partial charge in [0.15, 0.2) is 0 Å². The highest BCUT2D eigenvalue weighted by molar-refractivity contribution is 5.17. The average Bonchev–Trinajstić information content (AvgIpc) is 2.72. The summed E-state index contributed by atoms with van der Waals surface area (Å²) < 4.78 is 5.87. The first-order chi connectivity index (χ1) is 13.7. The van der Waals surface area contributed by atoms with Gasteiger partial charge in [0, 0.05) is 26.2 Å². The molecule has 2 rings (SSSR count). The fourth-order valence-electron chi connectivity index (χ4n) is 3.49. The monoisotopic (exact) mass is 383 g/mol. The maximum Gasteiger partial charge on any atom is 0.0900 e. The van der Waals surface area contributed by atoms with E-state index in [1.54, 1.807) is 0 Å². The van der Waals surface area contributed by atoms with Crippen molar-refractivity contribution in [2.45, 2.75) is 58.7 Å². The second-order valence-electron chi connectivity index (χ2n) is 7.75. The predicted octanol–water partition coefficient (Wildman–Crippen LogP) is 5.28. The molecule has 0 amide bonds. The summed E-state index contributed by atoms with van der Waals surface area (Å²) >= 11 is 0. The highest BCUT2D eigenvalue weighted by Crippen LogP contribution is 2.14. The molecule has 1 N–H and O–H groups in total. The van der Waals surface area contributed by atoms with Gasteiger partial charge in [0.25, 0.3) is 0 Å². The van der Waals surface area contributed by atoms with Crippen LogP contribution in [0.5, 0.6) is 0 Å². The Bertz CT molecular complexity index is 575. The summed E-state index contributed by atoms with van der Waals surface area (Å²) in [5, 5.41) is 10.6. The second kappa shape index (κ2) is 13.5. The van der Waals surface area contributed by atoms with Crippen LogP contribution in [0.4, 0.5) is 0 Å². The summed E-state index contributed by atoms with van der Waals surface area (Å²) in [4.78, 5) is 2.30. The summed E-state index contributed by atoms with van der Waals surface area (Å²) in [5.41, 5.74) is 2.52. The van der Waals surface area contributed by atoms with Crippen LogP contribution in [0.3, 0.4) is 0 Å². The van der Waals surface area contributed by atoms with Crippen molar-refractivity contribution in [3.63, 3.8) is 0 Å². The average molecular weight is 384 g/mol. The van der Waals surface area contributed by atoms with Crippen molar-refractivity contribution in [1.29, 1.82) is 0 Å². The number of benzene rings is 2. The SMILES string of the molecule is CCCCC(CC)COCC(O)CN(Cc1ccccc1)Cc1ccccc1. The molecule has 0 aliphatic rings. The van der Waals surface area contributed by atoms with Gasteiger partial charge in [-0.15, -0.1) is 0 Å². The fraction of sp³-hybridized carbons (Fsp3) is 0.520. The van der Waals surface area contributed by atoms with Crippen LogP contribution in [0.2, 0.25) is 0 Å². The van der Waals surface area contributed by atoms with Crippen LogP contribution in [0, 0.1) is 5.92 Å². The highest BCUT2D eigenvalue weighted by Gasteiger charge is 2.14. The number of nitrogens with zero attached hydrogens (tertiary/aromatic N) is 1. The Kier molecular flexibility index (Phi) is 10.9. The number of aliphatic hydroxyl groups is 1. The van der Waals surface area contributed by atoms with Gasteiger partial charge in [0.05, 0.1) is 12.7 Å². The van der Waals surface area contributed by atoms with Crippen LogP contribution in [0.1, 0.15) is 50.7 Å². The van der Waals surface area contributed by atoms with E-state index in [1.165, 1.54) is 30.4 Å². The highest BCUT2D eigenvalue weighted by atomic mass is 16.5. The minimum Gasteiger partial charge on any atom is -0.389 e. The number of hydrogen-bond acceptors (Lipinski definition) is 3. The minimum absolute atomic E-state index is 0.405. The van der Waals surface area contributed by atoms with Crippen molar-refractivity contribution in [3.05, 3.63) is 71.8 Å². The van der Waals surface area contributed by atoms with Crippen molar-refractivity contribution in [1.82, 2.24) is 4.90 Å². The Morgan fingerprint density at radius 2 is 1.43 bits per heavy atom. The molecule has 0 fully saturated rings. The van der Waals surface area contributed by atoms with E-state index < -0.39 is 6.10 Å². The molecule has 0 aromatic heterocycles. The molecule has 2 aromatic rings. The van der Waals surface area contributed by atoms with E-state index in [4.69, 9.17) is 4.74 Å². The lowest BCUT2D eigenvalue weighted by Gasteiger charge is -2.26. The van der Waals surface area contributed by atoms with Gasteiger partial charge in [0.1, 0.15) is 0 Å². The zero-order chi connectivity index (χ0) is 20.0. The Labute approximate surface area is 171 Å². The summed E-state index contributed by atoms with van der Waals surface area (Å²) in [5.74, 6) is 0.608. The van der Waals surface area contributed by atoms with Gasteiger partial charge < -0.3 is 9.84 Å². The minimum atomic E-state index is -0.476. The molecular weight excluding hydrogens is 346 g/mol. The van der Waals surface area contributed by atoms with E-state index in [9.17, 15) is 5.11 Å². The van der Waals surface area contributed by atoms with Gasteiger partial charge in [0.2, 0.25) is 0 Å². The topological polar surface area (TPSA) is 32.7 Å². The third kappa shape index (κ3) is 9.01. The fourth-order valence-corrected chi connectivity index (χ4v) is 3.49. The number of hydrogen-bond donors (Lipinski definition) is 1. The van der Waals surface area contributed by atoms with Crippen LogP contribution in [-0.2, 0) is 17.8 Å². The lowest BCUT2D eigenvalue weighted by atomic mass is 10.0. The van der Waals surface area contributed by atoms with Crippen molar-refractivity contribution < 1.29 is 9.84 Å². The lowest BCUT2D eigenvalue weighted by Crippen LogP contribution is -2.34. The van der Waals surface area contributed by atoms with Crippen LogP contribution < -0.4 is 0 Å². The molecule has 2 unspecified atom stereocenters. The predicted molar refractivity (Wildman–Crippen MR) is 117 cm³/mol. The van der Waals surface area contributed by atoms with Crippen molar-refractivity contribution in [2.24, 2.45) is 5.92 Å². The van der Waals surface area contributed by atoms with Gasteiger partial charge in [-0.25, -0.2) is 0 Å². The van der Waals surface area contributed by atoms with Crippen LogP contribution in [0.15, 0.2) is 60.7 Å². The first-order valence-corrected chi connectivity index (χ1v) is 10.8. The summed E-state index contributed by atoms with van der Waals surface area (Å²) in [6.45, 7) is 7.86. The number of aliphatic hydroxyl groups excluding tert-OH is 1. The molecule has 28 heavy (non-hydrogen) atoms. The number of ether oxygens (including phenoxy) is 1. The molecule has 0 bridgehead atoms. The molecular formula is C25H37NO2. The third-order valence-electron chi connectivity index (χ3n) is 5.17. The standard InChI is InChI=1S/C25H37NO2/c1-3-5-12-22(4-2)20-28-21-25(27)19-26(17-23-13-8-6-9-14-23)18-24-15-10-7-11-16-24/h6-11,13-16,22,25,27H,3-5,12,17-21H2,1-2H3. The molecule has 2 aromatic carbocycles. The maximum atomic E-state index is 10.6. The Hall–Kier alpha value is -1.68. The molecule has 0 heterocycles. The zero-order valence-electron chi connectivity index (χ0n) is 17.6. The first-order valence-electron chi connectivity index (χ1n) is 10.8. The molecule has 154 valence electrons. The maximum absolute atomic E-state index is 10.6. The molecule has 0 aliphatic carbocycles. The van der Waals surface area contributed by atoms with Gasteiger partial charge in [-0.1, -0.05) is 93.8 Å². The summed E-state index contributed by atoms with van der Waals surface area (Å²) in [6.07, 6.45) is 4.37. The van der Waals surface area contributed by atoms with E-state index in [2.05, 4.69) is 67.3 Å². The Balaban J connectivity index is 1.85. The molecule has 0 radical (unpaired) electrons. The molecule has 3 heteroatoms. The van der Waals surface area contributed by atoms with E-state index in [0.717, 1.165) is 26.1 Å². The van der Waals surface area contributed by atoms with Crippen LogP contribution in [-0.4, -0.2) is 35.9 Å². The van der Waals surface area contributed by atoms with Gasteiger partial charge >= 0.3 is 0 Å². The normalized spacial score (nSPS) is 13.6. The quantitative estimate of drug-likeness (QED) is 0.481. The van der Waals surface area contributed by atoms with Crippen LogP contribution in [0.25, 0.3) is 0 Å². The summed E-state index contributed by atoms with van der Waals surface area (Å²) in [7, 11) is 0. The number of unbranched alkanes of at least 4 members (excludes halogenated alkanes) is 1. The summed E-state index contributed by atoms with van der Waals surface area (Å²) in [6, 6.07) is 20.9. The first kappa shape index (κ1) is 22.6. The van der Waals surface area contributed by atoms with Gasteiger partial charge in [-0.2, -0.15) is 0 Å². The van der Waals surface area contributed by atoms with Crippen molar-refractivity contribution in [2.75, 3.05) is 19.8 Å². The molecule has 0 saturated carbocycles. The van der Waals surface area contributed by atoms with Crippen LogP contribution >= 0.6 is 0 Å². The van der Waals surface area contributed by atoms with Crippen molar-refractivity contribution >= 4 is 0 Å². The molecule has 0 spiro atoms. The Morgan fingerprint density at radius 3 is 1.93 bits per heavy atom. The van der Waals surface area contributed by atoms with Crippen molar-refractivity contribution in [3.8, 4) is 0 Å².